The maximum Gasteiger partial charge on any atom is 0.433 e. The highest BCUT2D eigenvalue weighted by Gasteiger charge is 2.40. The van der Waals surface area contributed by atoms with Crippen LogP contribution in [0.15, 0.2) is 24.4 Å². The first-order valence-electron chi connectivity index (χ1n) is 8.31. The Kier molecular flexibility index (Phi) is 5.92. The molecule has 0 radical (unpaired) electrons. The molecule has 2 rings (SSSR count). The fraction of sp³-hybridized carbons (Fsp3) is 0.389. The molecule has 6 nitrogen and oxygen atoms in total. The first-order valence-corrected chi connectivity index (χ1v) is 8.31. The van der Waals surface area contributed by atoms with Crippen molar-refractivity contribution in [2.75, 3.05) is 11.9 Å². The van der Waals surface area contributed by atoms with Gasteiger partial charge in [0.1, 0.15) is 0 Å². The van der Waals surface area contributed by atoms with Crippen LogP contribution >= 0.6 is 0 Å². The lowest BCUT2D eigenvalue weighted by Gasteiger charge is -2.15. The van der Waals surface area contributed by atoms with Crippen LogP contribution in [0.25, 0.3) is 0 Å². The number of anilines is 1. The maximum absolute atomic E-state index is 13.3. The molecule has 9 heteroatoms. The van der Waals surface area contributed by atoms with E-state index in [0.717, 1.165) is 22.0 Å². The third-order valence-electron chi connectivity index (χ3n) is 3.95. The second-order valence-electron chi connectivity index (χ2n) is 6.44. The largest absolute Gasteiger partial charge is 0.433 e. The number of hydrogen-bond acceptors (Lipinski definition) is 3. The van der Waals surface area contributed by atoms with E-state index < -0.39 is 41.8 Å². The molecule has 0 atom stereocenters. The zero-order chi connectivity index (χ0) is 20.4. The number of nitrogens with zero attached hydrogens (tertiary/aromatic N) is 2. The van der Waals surface area contributed by atoms with Gasteiger partial charge in [0.2, 0.25) is 5.91 Å². The highest BCUT2D eigenvalue weighted by atomic mass is 19.4. The third kappa shape index (κ3) is 4.66. The summed E-state index contributed by atoms with van der Waals surface area (Å²) in [6, 6.07) is 4.90. The Labute approximate surface area is 154 Å². The average Bonchev–Trinajstić information content (AvgIpc) is 3.02. The van der Waals surface area contributed by atoms with Gasteiger partial charge in [-0.3, -0.25) is 14.3 Å². The SMILES string of the molecule is Cc1cccc(C)c1NC(=O)CNC(=O)c1cnn(C(C)C)c1C(F)(F)F. The van der Waals surface area contributed by atoms with Crippen molar-refractivity contribution in [2.24, 2.45) is 0 Å². The number of hydrogen-bond donors (Lipinski definition) is 2. The van der Waals surface area contributed by atoms with Gasteiger partial charge in [-0.05, 0) is 38.8 Å². The van der Waals surface area contributed by atoms with Gasteiger partial charge in [-0.2, -0.15) is 18.3 Å². The molecule has 0 aliphatic heterocycles. The Balaban J connectivity index is 2.11. The Morgan fingerprint density at radius 1 is 1.19 bits per heavy atom. The van der Waals surface area contributed by atoms with Gasteiger partial charge in [0.05, 0.1) is 18.3 Å². The number of nitrogens with one attached hydrogen (secondary N) is 2. The van der Waals surface area contributed by atoms with Crippen molar-refractivity contribution in [2.45, 2.75) is 39.9 Å². The van der Waals surface area contributed by atoms with Gasteiger partial charge in [-0.1, -0.05) is 18.2 Å². The molecule has 1 heterocycles. The second-order valence-corrected chi connectivity index (χ2v) is 6.44. The van der Waals surface area contributed by atoms with E-state index in [-0.39, 0.29) is 0 Å². The fourth-order valence-electron chi connectivity index (χ4n) is 2.65. The van der Waals surface area contributed by atoms with Gasteiger partial charge in [0.25, 0.3) is 5.91 Å². The highest BCUT2D eigenvalue weighted by Crippen LogP contribution is 2.33. The number of amides is 2. The van der Waals surface area contributed by atoms with Crippen molar-refractivity contribution in [3.05, 3.63) is 46.8 Å². The van der Waals surface area contributed by atoms with E-state index in [2.05, 4.69) is 15.7 Å². The summed E-state index contributed by atoms with van der Waals surface area (Å²) in [5, 5.41) is 8.53. The summed E-state index contributed by atoms with van der Waals surface area (Å²) in [7, 11) is 0. The molecule has 2 amide bonds. The van der Waals surface area contributed by atoms with E-state index in [0.29, 0.717) is 5.69 Å². The third-order valence-corrected chi connectivity index (χ3v) is 3.95. The smallest absolute Gasteiger partial charge is 0.343 e. The topological polar surface area (TPSA) is 76.0 Å². The van der Waals surface area contributed by atoms with Gasteiger partial charge >= 0.3 is 6.18 Å². The minimum atomic E-state index is -4.74. The zero-order valence-electron chi connectivity index (χ0n) is 15.4. The Morgan fingerprint density at radius 2 is 1.78 bits per heavy atom. The highest BCUT2D eigenvalue weighted by molar-refractivity contribution is 6.00. The molecule has 0 unspecified atom stereocenters. The van der Waals surface area contributed by atoms with Crippen LogP contribution in [-0.2, 0) is 11.0 Å². The normalized spacial score (nSPS) is 11.6. The van der Waals surface area contributed by atoms with E-state index in [9.17, 15) is 22.8 Å². The number of aromatic nitrogens is 2. The van der Waals surface area contributed by atoms with Crippen LogP contribution in [0.5, 0.6) is 0 Å². The van der Waals surface area contributed by atoms with Crippen molar-refractivity contribution >= 4 is 17.5 Å². The summed E-state index contributed by atoms with van der Waals surface area (Å²) in [5.74, 6) is -1.54. The summed E-state index contributed by atoms with van der Waals surface area (Å²) in [6.07, 6.45) is -3.88. The van der Waals surface area contributed by atoms with Gasteiger partial charge in [-0.15, -0.1) is 0 Å². The van der Waals surface area contributed by atoms with Crippen LogP contribution < -0.4 is 10.6 Å². The summed E-state index contributed by atoms with van der Waals surface area (Å²) >= 11 is 0. The van der Waals surface area contributed by atoms with Crippen molar-refractivity contribution in [3.63, 3.8) is 0 Å². The van der Waals surface area contributed by atoms with E-state index in [4.69, 9.17) is 0 Å². The molecule has 0 bridgehead atoms. The molecule has 27 heavy (non-hydrogen) atoms. The summed E-state index contributed by atoms with van der Waals surface area (Å²) in [6.45, 7) is 6.23. The minimum Gasteiger partial charge on any atom is -0.343 e. The molecule has 0 aliphatic carbocycles. The minimum absolute atomic E-state index is 0.462. The van der Waals surface area contributed by atoms with Crippen molar-refractivity contribution in [3.8, 4) is 0 Å². The van der Waals surface area contributed by atoms with E-state index in [1.54, 1.807) is 0 Å². The maximum atomic E-state index is 13.3. The van der Waals surface area contributed by atoms with Crippen molar-refractivity contribution in [1.29, 1.82) is 0 Å². The molecule has 0 spiro atoms. The molecular weight excluding hydrogens is 361 g/mol. The van der Waals surface area contributed by atoms with Gasteiger partial charge < -0.3 is 10.6 Å². The lowest BCUT2D eigenvalue weighted by molar-refractivity contribution is -0.145. The molecular formula is C18H21F3N4O2. The molecule has 2 aromatic rings. The standard InChI is InChI=1S/C18H21F3N4O2/c1-10(2)25-16(18(19,20)21)13(8-23-25)17(27)22-9-14(26)24-15-11(3)6-5-7-12(15)4/h5-8,10H,9H2,1-4H3,(H,22,27)(H,24,26). The van der Waals surface area contributed by atoms with E-state index in [1.165, 1.54) is 13.8 Å². The molecule has 0 saturated heterocycles. The monoisotopic (exact) mass is 382 g/mol. The van der Waals surface area contributed by atoms with Gasteiger partial charge in [0.15, 0.2) is 5.69 Å². The lowest BCUT2D eigenvalue weighted by Crippen LogP contribution is -2.34. The van der Waals surface area contributed by atoms with Crippen LogP contribution in [0, 0.1) is 13.8 Å². The number of rotatable bonds is 5. The van der Waals surface area contributed by atoms with Crippen LogP contribution in [0.1, 0.15) is 47.1 Å². The number of carbonyl (C=O) groups is 2. The van der Waals surface area contributed by atoms with Crippen LogP contribution in [-0.4, -0.2) is 28.1 Å². The van der Waals surface area contributed by atoms with Crippen molar-refractivity contribution in [1.82, 2.24) is 15.1 Å². The second kappa shape index (κ2) is 7.81. The predicted octanol–water partition coefficient (Wildman–Crippen LogP) is 3.47. The molecule has 1 aromatic heterocycles. The molecule has 0 fully saturated rings. The van der Waals surface area contributed by atoms with Crippen LogP contribution in [0.4, 0.5) is 18.9 Å². The Bertz CT molecular complexity index is 837. The predicted molar refractivity (Wildman–Crippen MR) is 94.5 cm³/mol. The van der Waals surface area contributed by atoms with Crippen LogP contribution in [0.3, 0.4) is 0 Å². The average molecular weight is 382 g/mol. The van der Waals surface area contributed by atoms with Crippen LogP contribution in [0.2, 0.25) is 0 Å². The van der Waals surface area contributed by atoms with Gasteiger partial charge in [0, 0.05) is 11.7 Å². The number of halogens is 3. The molecule has 146 valence electrons. The first kappa shape index (κ1) is 20.5. The molecule has 0 saturated carbocycles. The first-order chi connectivity index (χ1) is 12.5. The number of aryl methyl sites for hydroxylation is 2. The molecule has 1 aromatic carbocycles. The number of para-hydroxylation sites is 1. The summed E-state index contributed by atoms with van der Waals surface area (Å²) in [4.78, 5) is 24.3. The lowest BCUT2D eigenvalue weighted by atomic mass is 10.1. The summed E-state index contributed by atoms with van der Waals surface area (Å²) in [5.41, 5.74) is 0.543. The zero-order valence-corrected chi connectivity index (χ0v) is 15.4. The van der Waals surface area contributed by atoms with Gasteiger partial charge in [-0.25, -0.2) is 0 Å². The van der Waals surface area contributed by atoms with Crippen molar-refractivity contribution < 1.29 is 22.8 Å². The Hall–Kier alpha value is -2.84. The quantitative estimate of drug-likeness (QED) is 0.831. The molecule has 2 N–H and O–H groups in total. The fourth-order valence-corrected chi connectivity index (χ4v) is 2.65. The van der Waals surface area contributed by atoms with E-state index >= 15 is 0 Å². The number of benzene rings is 1. The summed E-state index contributed by atoms with van der Waals surface area (Å²) < 4.78 is 40.7. The molecule has 0 aliphatic rings. The van der Waals surface area contributed by atoms with E-state index in [1.807, 2.05) is 32.0 Å². The Morgan fingerprint density at radius 3 is 2.30 bits per heavy atom. The number of carbonyl (C=O) groups excluding carboxylic acids is 2. The number of alkyl halides is 3.